The first-order valence-corrected chi connectivity index (χ1v) is 11.3. The van der Waals surface area contributed by atoms with E-state index in [9.17, 15) is 4.79 Å². The number of carbonyl (C=O) groups excluding carboxylic acids is 1. The van der Waals surface area contributed by atoms with Crippen molar-refractivity contribution >= 4 is 28.8 Å². The Bertz CT molecular complexity index is 958. The number of hydrogen-bond donors (Lipinski definition) is 1. The number of carbonyl (C=O) groups is 1. The van der Waals surface area contributed by atoms with E-state index in [1.807, 2.05) is 66.7 Å². The first kappa shape index (κ1) is 19.0. The van der Waals surface area contributed by atoms with Crippen LogP contribution >= 0.6 is 7.26 Å². The van der Waals surface area contributed by atoms with E-state index in [1.165, 1.54) is 0 Å². The Morgan fingerprint density at radius 2 is 1.07 bits per heavy atom. The fraction of sp³-hybridized carbons (Fsp3) is 0.0400. The molecule has 0 atom stereocenters. The van der Waals surface area contributed by atoms with Crippen LogP contribution in [0.5, 0.6) is 0 Å². The summed E-state index contributed by atoms with van der Waals surface area (Å²) in [4.78, 5) is 18.0. The van der Waals surface area contributed by atoms with Crippen molar-refractivity contribution in [1.29, 1.82) is 0 Å². The number of benzene rings is 3. The van der Waals surface area contributed by atoms with Crippen LogP contribution < -0.4 is 21.2 Å². The van der Waals surface area contributed by atoms with E-state index in [0.717, 1.165) is 21.5 Å². The van der Waals surface area contributed by atoms with Crippen molar-refractivity contribution in [3.8, 4) is 0 Å². The average molecular weight is 397 g/mol. The molecule has 3 nitrogen and oxygen atoms in total. The first-order valence-electron chi connectivity index (χ1n) is 9.55. The predicted octanol–water partition coefficient (Wildman–Crippen LogP) is 4.29. The molecule has 0 spiro atoms. The van der Waals surface area contributed by atoms with E-state index in [-0.39, 0.29) is 5.65 Å². The van der Waals surface area contributed by atoms with Gasteiger partial charge in [0.1, 0.15) is 15.9 Å². The lowest BCUT2D eigenvalue weighted by atomic mass is 10.3. The van der Waals surface area contributed by atoms with Gasteiger partial charge in [0.25, 0.3) is 0 Å². The summed E-state index contributed by atoms with van der Waals surface area (Å²) in [6.07, 6.45) is 3.49. The number of hydrogen-bond acceptors (Lipinski definition) is 2. The summed E-state index contributed by atoms with van der Waals surface area (Å²) in [6, 6.07) is 34.3. The van der Waals surface area contributed by atoms with Gasteiger partial charge < -0.3 is 5.32 Å². The topological polar surface area (TPSA) is 42.0 Å². The van der Waals surface area contributed by atoms with E-state index in [0.29, 0.717) is 6.54 Å². The number of nitrogens with zero attached hydrogens (tertiary/aromatic N) is 1. The Kier molecular flexibility index (Phi) is 5.79. The third-order valence-corrected chi connectivity index (χ3v) is 8.91. The summed E-state index contributed by atoms with van der Waals surface area (Å²) in [5.74, 6) is 0. The van der Waals surface area contributed by atoms with E-state index < -0.39 is 7.26 Å². The Labute approximate surface area is 171 Å². The molecule has 1 amide bonds. The maximum atomic E-state index is 14.0. The first-order chi connectivity index (χ1) is 14.3. The van der Waals surface area contributed by atoms with Crippen LogP contribution in [0.2, 0.25) is 0 Å². The normalized spacial score (nSPS) is 11.0. The van der Waals surface area contributed by atoms with Gasteiger partial charge in [0.15, 0.2) is 0 Å². The van der Waals surface area contributed by atoms with Crippen molar-refractivity contribution in [1.82, 2.24) is 10.3 Å². The number of pyridine rings is 1. The van der Waals surface area contributed by atoms with Crippen LogP contribution in [0, 0.1) is 0 Å². The van der Waals surface area contributed by atoms with E-state index in [4.69, 9.17) is 0 Å². The number of aromatic nitrogens is 1. The van der Waals surface area contributed by atoms with Gasteiger partial charge in [-0.3, -0.25) is 4.98 Å². The number of amides is 1. The molecule has 142 valence electrons. The van der Waals surface area contributed by atoms with Crippen LogP contribution in [0.15, 0.2) is 116 Å². The molecule has 0 aliphatic rings. The van der Waals surface area contributed by atoms with E-state index >= 15 is 0 Å². The van der Waals surface area contributed by atoms with Gasteiger partial charge >= 0.3 is 5.65 Å². The molecule has 0 bridgehead atoms. The molecule has 0 aliphatic heterocycles. The largest absolute Gasteiger partial charge is 0.375 e. The summed E-state index contributed by atoms with van der Waals surface area (Å²) in [5.41, 5.74) is 1.08. The fourth-order valence-corrected chi connectivity index (χ4v) is 7.32. The molecule has 3 aromatic carbocycles. The maximum Gasteiger partial charge on any atom is 0.375 e. The highest BCUT2D eigenvalue weighted by Gasteiger charge is 2.53. The zero-order valence-corrected chi connectivity index (χ0v) is 16.9. The van der Waals surface area contributed by atoms with Gasteiger partial charge in [0.2, 0.25) is 7.26 Å². The molecule has 0 saturated carbocycles. The van der Waals surface area contributed by atoms with Gasteiger partial charge in [-0.1, -0.05) is 54.6 Å². The summed E-state index contributed by atoms with van der Waals surface area (Å²) in [5, 5.41) is 6.36. The van der Waals surface area contributed by atoms with Crippen molar-refractivity contribution in [2.75, 3.05) is 0 Å². The minimum atomic E-state index is -2.55. The zero-order chi connectivity index (χ0) is 19.9. The van der Waals surface area contributed by atoms with Crippen LogP contribution in [0.4, 0.5) is 4.79 Å². The summed E-state index contributed by atoms with van der Waals surface area (Å²) < 4.78 is 0. The standard InChI is InChI=1S/C25H21N2OP/c28-25(27-20-21-16-18-26-19-17-21)29(22-10-4-1-5-11-22,23-12-6-2-7-13-23)24-14-8-3-9-15-24/h1-19H,20H2/p+1. The third-order valence-electron chi connectivity index (χ3n) is 4.93. The van der Waals surface area contributed by atoms with Crippen LogP contribution in [0.1, 0.15) is 5.56 Å². The third kappa shape index (κ3) is 3.83. The average Bonchev–Trinajstić information content (AvgIpc) is 2.81. The molecule has 0 radical (unpaired) electrons. The Hall–Kier alpha value is -3.29. The monoisotopic (exact) mass is 397 g/mol. The molecule has 29 heavy (non-hydrogen) atoms. The van der Waals surface area contributed by atoms with Gasteiger partial charge in [-0.2, -0.15) is 0 Å². The lowest BCUT2D eigenvalue weighted by Crippen LogP contribution is -2.41. The predicted molar refractivity (Wildman–Crippen MR) is 122 cm³/mol. The fourth-order valence-electron chi connectivity index (χ4n) is 3.55. The van der Waals surface area contributed by atoms with Crippen molar-refractivity contribution < 1.29 is 4.79 Å². The lowest BCUT2D eigenvalue weighted by molar-refractivity contribution is 0.259. The molecule has 0 saturated heterocycles. The van der Waals surface area contributed by atoms with Gasteiger partial charge in [-0.15, -0.1) is 0 Å². The minimum Gasteiger partial charge on any atom is -0.318 e. The van der Waals surface area contributed by atoms with E-state index in [1.54, 1.807) is 12.4 Å². The molecule has 0 aliphatic carbocycles. The second kappa shape index (κ2) is 8.81. The minimum absolute atomic E-state index is 0.0536. The molecule has 0 unspecified atom stereocenters. The molecule has 0 fully saturated rings. The highest BCUT2D eigenvalue weighted by Crippen LogP contribution is 2.55. The highest BCUT2D eigenvalue weighted by atomic mass is 31.2. The van der Waals surface area contributed by atoms with Crippen LogP contribution in [0.25, 0.3) is 0 Å². The second-order valence-corrected chi connectivity index (χ2v) is 9.99. The van der Waals surface area contributed by atoms with Crippen molar-refractivity contribution in [2.45, 2.75) is 6.54 Å². The lowest BCUT2D eigenvalue weighted by Gasteiger charge is -2.25. The van der Waals surface area contributed by atoms with Gasteiger partial charge in [0.05, 0.1) is 0 Å². The van der Waals surface area contributed by atoms with Crippen molar-refractivity contribution in [3.05, 3.63) is 121 Å². The van der Waals surface area contributed by atoms with Gasteiger partial charge in [-0.25, -0.2) is 4.79 Å². The van der Waals surface area contributed by atoms with Crippen LogP contribution in [-0.2, 0) is 6.54 Å². The molecule has 1 N–H and O–H groups in total. The Morgan fingerprint density at radius 3 is 1.48 bits per heavy atom. The molecular formula is C25H22N2OP+. The molecule has 1 aromatic heterocycles. The Morgan fingerprint density at radius 1 is 0.655 bits per heavy atom. The van der Waals surface area contributed by atoms with Crippen LogP contribution in [-0.4, -0.2) is 10.6 Å². The molecular weight excluding hydrogens is 375 g/mol. The van der Waals surface area contributed by atoms with Crippen molar-refractivity contribution in [3.63, 3.8) is 0 Å². The SMILES string of the molecule is O=C(NCc1ccncc1)[P+](c1ccccc1)(c1ccccc1)c1ccccc1. The number of nitrogens with one attached hydrogen (secondary N) is 1. The molecule has 4 rings (SSSR count). The molecule has 4 aromatic rings. The molecule has 1 heterocycles. The summed E-state index contributed by atoms with van der Waals surface area (Å²) in [6.45, 7) is 0.468. The van der Waals surface area contributed by atoms with Gasteiger partial charge in [-0.05, 0) is 54.1 Å². The quantitative estimate of drug-likeness (QED) is 0.494. The smallest absolute Gasteiger partial charge is 0.318 e. The zero-order valence-electron chi connectivity index (χ0n) is 16.0. The molecule has 4 heteroatoms. The number of rotatable bonds is 6. The maximum absolute atomic E-state index is 14.0. The van der Waals surface area contributed by atoms with Crippen molar-refractivity contribution in [2.24, 2.45) is 0 Å². The second-order valence-electron chi connectivity index (χ2n) is 6.69. The Balaban J connectivity index is 1.87. The van der Waals surface area contributed by atoms with Crippen LogP contribution in [0.3, 0.4) is 0 Å². The van der Waals surface area contributed by atoms with Gasteiger partial charge in [0, 0.05) is 18.9 Å². The van der Waals surface area contributed by atoms with E-state index in [2.05, 4.69) is 46.7 Å². The highest BCUT2D eigenvalue weighted by molar-refractivity contribution is 8.08. The summed E-state index contributed by atoms with van der Waals surface area (Å²) in [7, 11) is -2.55. The summed E-state index contributed by atoms with van der Waals surface area (Å²) >= 11 is 0.